The van der Waals surface area contributed by atoms with E-state index in [4.69, 9.17) is 21.7 Å². The van der Waals surface area contributed by atoms with E-state index in [0.29, 0.717) is 35.8 Å². The number of hydroxylamine groups is 2. The van der Waals surface area contributed by atoms with Crippen LogP contribution in [0.1, 0.15) is 17.5 Å². The minimum Gasteiger partial charge on any atom is -0.363 e. The summed E-state index contributed by atoms with van der Waals surface area (Å²) in [4.78, 5) is 7.62. The smallest absolute Gasteiger partial charge is 0.128 e. The van der Waals surface area contributed by atoms with E-state index in [-0.39, 0.29) is 11.9 Å². The number of likely N-dealkylation sites (N-methyl/N-ethyl adjacent to an activating group) is 1. The van der Waals surface area contributed by atoms with Crippen LogP contribution in [0.5, 0.6) is 0 Å². The molecule has 1 aliphatic rings. The van der Waals surface area contributed by atoms with Crippen LogP contribution in [0.4, 0.5) is 10.1 Å². The summed E-state index contributed by atoms with van der Waals surface area (Å²) in [7, 11) is 1.89. The zero-order chi connectivity index (χ0) is 17.8. The minimum absolute atomic E-state index is 0.155. The van der Waals surface area contributed by atoms with Crippen molar-refractivity contribution in [3.63, 3.8) is 0 Å². The van der Waals surface area contributed by atoms with Gasteiger partial charge in [0.05, 0.1) is 17.2 Å². The quantitative estimate of drug-likeness (QED) is 0.827. The Kier molecular flexibility index (Phi) is 5.54. The van der Waals surface area contributed by atoms with E-state index in [2.05, 4.69) is 11.0 Å². The topological polar surface area (TPSA) is 39.5 Å². The van der Waals surface area contributed by atoms with E-state index < -0.39 is 0 Å². The van der Waals surface area contributed by atoms with Crippen LogP contribution in [-0.4, -0.2) is 31.3 Å². The molecule has 0 unspecified atom stereocenters. The summed E-state index contributed by atoms with van der Waals surface area (Å²) < 4.78 is 14.2. The zero-order valence-electron chi connectivity index (χ0n) is 14.0. The predicted molar refractivity (Wildman–Crippen MR) is 95.7 cm³/mol. The molecule has 0 spiro atoms. The molecule has 2 aromatic carbocycles. The molecule has 1 atom stereocenters. The first kappa shape index (κ1) is 17.7. The van der Waals surface area contributed by atoms with Gasteiger partial charge in [-0.05, 0) is 30.7 Å². The van der Waals surface area contributed by atoms with Crippen LogP contribution in [0.2, 0.25) is 5.02 Å². The number of benzene rings is 2. The average molecular weight is 360 g/mol. The monoisotopic (exact) mass is 359 g/mol. The van der Waals surface area contributed by atoms with E-state index in [9.17, 15) is 4.39 Å². The van der Waals surface area contributed by atoms with Gasteiger partial charge in [-0.1, -0.05) is 29.8 Å². The second kappa shape index (κ2) is 7.83. The highest BCUT2D eigenvalue weighted by atomic mass is 35.5. The van der Waals surface area contributed by atoms with E-state index in [1.54, 1.807) is 29.3 Å². The van der Waals surface area contributed by atoms with E-state index in [1.165, 1.54) is 6.07 Å². The number of nitriles is 1. The molecule has 1 aliphatic heterocycles. The summed E-state index contributed by atoms with van der Waals surface area (Å²) in [6, 6.07) is 14.3. The maximum atomic E-state index is 14.2. The molecular weight excluding hydrogens is 341 g/mol. The molecule has 1 fully saturated rings. The summed E-state index contributed by atoms with van der Waals surface area (Å²) in [5.41, 5.74) is 1.92. The van der Waals surface area contributed by atoms with Crippen LogP contribution in [0, 0.1) is 17.1 Å². The molecule has 0 saturated carbocycles. The Morgan fingerprint density at radius 1 is 1.36 bits per heavy atom. The van der Waals surface area contributed by atoms with E-state index >= 15 is 0 Å². The van der Waals surface area contributed by atoms with Gasteiger partial charge in [0, 0.05) is 37.4 Å². The molecule has 1 saturated heterocycles. The van der Waals surface area contributed by atoms with Gasteiger partial charge in [-0.15, -0.1) is 0 Å². The fraction of sp³-hybridized carbons (Fsp3) is 0.316. The van der Waals surface area contributed by atoms with E-state index in [1.807, 2.05) is 19.2 Å². The molecule has 25 heavy (non-hydrogen) atoms. The number of halogens is 2. The molecule has 0 bridgehead atoms. The Bertz CT molecular complexity index is 792. The molecule has 0 radical (unpaired) electrons. The summed E-state index contributed by atoms with van der Waals surface area (Å²) in [5, 5.41) is 11.3. The molecule has 0 amide bonds. The van der Waals surface area contributed by atoms with Gasteiger partial charge in [0.15, 0.2) is 0 Å². The second-order valence-corrected chi connectivity index (χ2v) is 6.49. The number of rotatable bonds is 4. The van der Waals surface area contributed by atoms with Crippen molar-refractivity contribution in [2.24, 2.45) is 0 Å². The van der Waals surface area contributed by atoms with Crippen molar-refractivity contribution >= 4 is 17.3 Å². The standard InChI is InChI=1S/C19H19ClFN3O/c1-23-13-17(8-9-25-23)24(12-15-4-2-3-5-19(15)21)16-7-6-14(11-22)18(20)10-16/h2-7,10,17H,8-9,12-13H2,1H3/t17-/m0/s1. The lowest BCUT2D eigenvalue weighted by Crippen LogP contribution is -2.47. The fourth-order valence-corrected chi connectivity index (χ4v) is 3.27. The third-order valence-electron chi connectivity index (χ3n) is 4.37. The van der Waals surface area contributed by atoms with Gasteiger partial charge in [0.2, 0.25) is 0 Å². The van der Waals surface area contributed by atoms with Crippen molar-refractivity contribution in [1.82, 2.24) is 5.06 Å². The molecular formula is C19H19ClFN3O. The Morgan fingerprint density at radius 2 is 2.16 bits per heavy atom. The Hall–Kier alpha value is -2.13. The van der Waals surface area contributed by atoms with Gasteiger partial charge in [-0.3, -0.25) is 4.84 Å². The fourth-order valence-electron chi connectivity index (χ4n) is 3.05. The van der Waals surface area contributed by atoms with Gasteiger partial charge in [-0.25, -0.2) is 4.39 Å². The summed E-state index contributed by atoms with van der Waals surface area (Å²) in [6.07, 6.45) is 0.830. The first-order valence-electron chi connectivity index (χ1n) is 8.12. The van der Waals surface area contributed by atoms with Crippen LogP contribution in [0.15, 0.2) is 42.5 Å². The highest BCUT2D eigenvalue weighted by molar-refractivity contribution is 6.32. The lowest BCUT2D eigenvalue weighted by molar-refractivity contribution is -0.166. The predicted octanol–water partition coefficient (Wildman–Crippen LogP) is 3.99. The van der Waals surface area contributed by atoms with Gasteiger partial charge in [0.25, 0.3) is 0 Å². The van der Waals surface area contributed by atoms with Crippen molar-refractivity contribution in [2.45, 2.75) is 19.0 Å². The Balaban J connectivity index is 1.95. The Morgan fingerprint density at radius 3 is 2.84 bits per heavy atom. The molecule has 1 heterocycles. The van der Waals surface area contributed by atoms with Crippen molar-refractivity contribution < 1.29 is 9.23 Å². The van der Waals surface area contributed by atoms with Crippen LogP contribution in [0.25, 0.3) is 0 Å². The number of hydrogen-bond donors (Lipinski definition) is 0. The summed E-state index contributed by atoms with van der Waals surface area (Å²) in [5.74, 6) is -0.229. The van der Waals surface area contributed by atoms with Crippen LogP contribution >= 0.6 is 11.6 Å². The molecule has 130 valence electrons. The van der Waals surface area contributed by atoms with Crippen LogP contribution < -0.4 is 4.90 Å². The number of nitrogens with zero attached hydrogens (tertiary/aromatic N) is 3. The molecule has 0 N–H and O–H groups in total. The van der Waals surface area contributed by atoms with Crippen molar-refractivity contribution in [1.29, 1.82) is 5.26 Å². The highest BCUT2D eigenvalue weighted by Gasteiger charge is 2.26. The van der Waals surface area contributed by atoms with Crippen molar-refractivity contribution in [2.75, 3.05) is 25.1 Å². The summed E-state index contributed by atoms with van der Waals surface area (Å²) >= 11 is 6.22. The SMILES string of the molecule is CN1C[C@@H](N(Cc2ccccc2F)c2ccc(C#N)c(Cl)c2)CCO1. The molecule has 2 aromatic rings. The lowest BCUT2D eigenvalue weighted by atomic mass is 10.1. The zero-order valence-corrected chi connectivity index (χ0v) is 14.7. The highest BCUT2D eigenvalue weighted by Crippen LogP contribution is 2.28. The van der Waals surface area contributed by atoms with Gasteiger partial charge in [0.1, 0.15) is 11.9 Å². The maximum Gasteiger partial charge on any atom is 0.128 e. The summed E-state index contributed by atoms with van der Waals surface area (Å²) in [6.45, 7) is 1.73. The van der Waals surface area contributed by atoms with Crippen molar-refractivity contribution in [3.8, 4) is 6.07 Å². The Labute approximate surface area is 151 Å². The van der Waals surface area contributed by atoms with Crippen LogP contribution in [0.3, 0.4) is 0 Å². The molecule has 3 rings (SSSR count). The van der Waals surface area contributed by atoms with Gasteiger partial charge < -0.3 is 4.90 Å². The average Bonchev–Trinajstić information content (AvgIpc) is 2.61. The maximum absolute atomic E-state index is 14.2. The number of hydrogen-bond acceptors (Lipinski definition) is 4. The third-order valence-corrected chi connectivity index (χ3v) is 4.69. The third kappa shape index (κ3) is 4.10. The molecule has 0 aromatic heterocycles. The lowest BCUT2D eigenvalue weighted by Gasteiger charge is -2.39. The normalized spacial score (nSPS) is 17.9. The minimum atomic E-state index is -0.229. The number of anilines is 1. The largest absolute Gasteiger partial charge is 0.363 e. The van der Waals surface area contributed by atoms with E-state index in [0.717, 1.165) is 12.1 Å². The molecule has 4 nitrogen and oxygen atoms in total. The van der Waals surface area contributed by atoms with Crippen LogP contribution in [-0.2, 0) is 11.4 Å². The second-order valence-electron chi connectivity index (χ2n) is 6.08. The van der Waals surface area contributed by atoms with Gasteiger partial charge >= 0.3 is 0 Å². The van der Waals surface area contributed by atoms with Crippen molar-refractivity contribution in [3.05, 3.63) is 64.4 Å². The molecule has 0 aliphatic carbocycles. The van der Waals surface area contributed by atoms with Gasteiger partial charge in [-0.2, -0.15) is 10.3 Å². The first-order valence-corrected chi connectivity index (χ1v) is 8.50. The first-order chi connectivity index (χ1) is 12.1. The molecule has 6 heteroatoms.